The maximum atomic E-state index is 10.1. The fourth-order valence-corrected chi connectivity index (χ4v) is 4.86. The normalized spacial score (nSPS) is 13.8. The van der Waals surface area contributed by atoms with Crippen LogP contribution < -0.4 is 5.32 Å². The van der Waals surface area contributed by atoms with Gasteiger partial charge in [0.25, 0.3) is 0 Å². The van der Waals surface area contributed by atoms with Gasteiger partial charge in [-0.1, -0.05) is 48.0 Å². The fraction of sp³-hybridized carbons (Fsp3) is 0.258. The number of hydrogen-bond acceptors (Lipinski definition) is 4. The second kappa shape index (κ2) is 11.4. The Bertz CT molecular complexity index is 1410. The summed E-state index contributed by atoms with van der Waals surface area (Å²) < 4.78 is 1.82. The van der Waals surface area contributed by atoms with Gasteiger partial charge in [0.15, 0.2) is 0 Å². The fourth-order valence-electron chi connectivity index (χ4n) is 4.73. The van der Waals surface area contributed by atoms with Crippen molar-refractivity contribution in [3.63, 3.8) is 0 Å². The van der Waals surface area contributed by atoms with Crippen molar-refractivity contribution in [1.82, 2.24) is 15.1 Å². The highest BCUT2D eigenvalue weighted by atomic mass is 35.5. The maximum absolute atomic E-state index is 10.1. The molecule has 1 heterocycles. The quantitative estimate of drug-likeness (QED) is 0.265. The maximum Gasteiger partial charge on any atom is 0.0991 e. The average molecular weight is 508 g/mol. The van der Waals surface area contributed by atoms with Gasteiger partial charge in [0.1, 0.15) is 0 Å². The van der Waals surface area contributed by atoms with Crippen LogP contribution in [0.25, 0.3) is 5.69 Å². The summed E-state index contributed by atoms with van der Waals surface area (Å²) in [6.45, 7) is 6.07. The summed E-state index contributed by atoms with van der Waals surface area (Å²) in [5, 5.41) is 28.5. The first kappa shape index (κ1) is 26.2. The summed E-state index contributed by atoms with van der Waals surface area (Å²) in [6.07, 6.45) is 4.41. The molecule has 4 aromatic rings. The Morgan fingerprint density at radius 2 is 1.70 bits per heavy atom. The van der Waals surface area contributed by atoms with E-state index in [0.29, 0.717) is 10.6 Å². The molecule has 4 rings (SSSR count). The largest absolute Gasteiger partial charge is 0.305 e. The van der Waals surface area contributed by atoms with Gasteiger partial charge in [0.05, 0.1) is 34.8 Å². The van der Waals surface area contributed by atoms with E-state index in [1.807, 2.05) is 85.4 Å². The van der Waals surface area contributed by atoms with Crippen molar-refractivity contribution >= 4 is 11.6 Å². The van der Waals surface area contributed by atoms with Gasteiger partial charge in [0, 0.05) is 29.4 Å². The number of rotatable bonds is 9. The first-order valence-corrected chi connectivity index (χ1v) is 12.7. The van der Waals surface area contributed by atoms with Crippen LogP contribution in [0.3, 0.4) is 0 Å². The topological polar surface area (TPSA) is 77.4 Å². The van der Waals surface area contributed by atoms with Gasteiger partial charge in [-0.15, -0.1) is 0 Å². The van der Waals surface area contributed by atoms with Crippen LogP contribution in [-0.4, -0.2) is 15.8 Å². The molecule has 186 valence electrons. The van der Waals surface area contributed by atoms with Crippen molar-refractivity contribution in [3.8, 4) is 17.8 Å². The molecule has 2 unspecified atom stereocenters. The van der Waals surface area contributed by atoms with E-state index in [4.69, 9.17) is 11.6 Å². The zero-order valence-corrected chi connectivity index (χ0v) is 22.0. The molecule has 1 aromatic heterocycles. The molecule has 0 aliphatic carbocycles. The summed E-state index contributed by atoms with van der Waals surface area (Å²) in [4.78, 5) is 0. The second-order valence-electron chi connectivity index (χ2n) is 9.94. The Kier molecular flexibility index (Phi) is 8.09. The van der Waals surface area contributed by atoms with Gasteiger partial charge >= 0.3 is 0 Å². The third-order valence-electron chi connectivity index (χ3n) is 6.83. The molecule has 0 saturated carbocycles. The molecule has 0 bridgehead atoms. The van der Waals surface area contributed by atoms with Crippen molar-refractivity contribution in [1.29, 1.82) is 10.5 Å². The monoisotopic (exact) mass is 507 g/mol. The smallest absolute Gasteiger partial charge is 0.0991 e. The molecule has 0 saturated heterocycles. The molecule has 3 atom stereocenters. The van der Waals surface area contributed by atoms with Crippen LogP contribution in [0, 0.1) is 28.1 Å². The number of halogens is 1. The van der Waals surface area contributed by atoms with Gasteiger partial charge in [-0.25, -0.2) is 4.68 Å². The molecule has 0 amide bonds. The van der Waals surface area contributed by atoms with Crippen LogP contribution in [0.5, 0.6) is 0 Å². The molecule has 3 aromatic carbocycles. The SMILES string of the molecule is CC(N[C@@H](c1cccc(-n2cccn2)c1)C(C)(C)C#N)C(Cc1ccc(Cl)cc1)c1cccc(C#N)c1. The van der Waals surface area contributed by atoms with E-state index in [1.165, 1.54) is 0 Å². The molecule has 0 aliphatic rings. The number of nitrogens with zero attached hydrogens (tertiary/aromatic N) is 4. The lowest BCUT2D eigenvalue weighted by Crippen LogP contribution is -2.42. The summed E-state index contributed by atoms with van der Waals surface area (Å²) in [6, 6.07) is 30.2. The molecule has 37 heavy (non-hydrogen) atoms. The van der Waals surface area contributed by atoms with E-state index in [-0.39, 0.29) is 18.0 Å². The molecular formula is C31H30ClN5. The lowest BCUT2D eigenvalue weighted by Gasteiger charge is -2.36. The Labute approximate surface area is 223 Å². The lowest BCUT2D eigenvalue weighted by molar-refractivity contribution is 0.281. The summed E-state index contributed by atoms with van der Waals surface area (Å²) >= 11 is 6.13. The van der Waals surface area contributed by atoms with Crippen LogP contribution in [0.2, 0.25) is 5.02 Å². The van der Waals surface area contributed by atoms with E-state index in [0.717, 1.165) is 28.8 Å². The van der Waals surface area contributed by atoms with Crippen molar-refractivity contribution < 1.29 is 0 Å². The van der Waals surface area contributed by atoms with Gasteiger partial charge in [-0.3, -0.25) is 0 Å². The van der Waals surface area contributed by atoms with Crippen LogP contribution in [0.1, 0.15) is 55.0 Å². The van der Waals surface area contributed by atoms with Crippen molar-refractivity contribution in [3.05, 3.63) is 119 Å². The highest BCUT2D eigenvalue weighted by molar-refractivity contribution is 6.30. The molecule has 0 aliphatic heterocycles. The summed E-state index contributed by atoms with van der Waals surface area (Å²) in [5.41, 5.74) is 4.13. The lowest BCUT2D eigenvalue weighted by atomic mass is 9.79. The van der Waals surface area contributed by atoms with Gasteiger partial charge in [0.2, 0.25) is 0 Å². The van der Waals surface area contributed by atoms with Crippen LogP contribution in [0.4, 0.5) is 0 Å². The molecule has 1 N–H and O–H groups in total. The van der Waals surface area contributed by atoms with Crippen LogP contribution in [0.15, 0.2) is 91.3 Å². The van der Waals surface area contributed by atoms with Crippen molar-refractivity contribution in [2.45, 2.75) is 45.2 Å². The third kappa shape index (κ3) is 6.27. The van der Waals surface area contributed by atoms with Crippen molar-refractivity contribution in [2.24, 2.45) is 5.41 Å². The standard InChI is InChI=1S/C31H30ClN5/c1-22(29(18-23-11-13-27(32)14-12-23)25-8-4-7-24(17-25)20-33)36-30(31(2,3)21-34)26-9-5-10-28(19-26)37-16-6-15-35-37/h4-17,19,22,29-30,36H,18H2,1-3H3/t22?,29?,30-/m0/s1. The number of nitrogens with one attached hydrogen (secondary N) is 1. The first-order chi connectivity index (χ1) is 17.8. The molecule has 0 spiro atoms. The number of nitriles is 2. The zero-order valence-electron chi connectivity index (χ0n) is 21.3. The number of hydrogen-bond donors (Lipinski definition) is 1. The first-order valence-electron chi connectivity index (χ1n) is 12.3. The summed E-state index contributed by atoms with van der Waals surface area (Å²) in [5.74, 6) is 0.0563. The van der Waals surface area contributed by atoms with Gasteiger partial charge < -0.3 is 5.32 Å². The van der Waals surface area contributed by atoms with Crippen LogP contribution >= 0.6 is 11.6 Å². The Balaban J connectivity index is 1.71. The predicted octanol–water partition coefficient (Wildman–Crippen LogP) is 6.99. The molecule has 0 radical (unpaired) electrons. The molecule has 0 fully saturated rings. The van der Waals surface area contributed by atoms with Crippen molar-refractivity contribution in [2.75, 3.05) is 0 Å². The predicted molar refractivity (Wildman–Crippen MR) is 147 cm³/mol. The minimum Gasteiger partial charge on any atom is -0.305 e. The Morgan fingerprint density at radius 1 is 0.973 bits per heavy atom. The minimum atomic E-state index is -0.684. The van der Waals surface area contributed by atoms with E-state index in [2.05, 4.69) is 47.7 Å². The molecule has 6 heteroatoms. The number of aromatic nitrogens is 2. The van der Waals surface area contributed by atoms with E-state index in [1.54, 1.807) is 6.20 Å². The van der Waals surface area contributed by atoms with E-state index >= 15 is 0 Å². The Morgan fingerprint density at radius 3 is 2.38 bits per heavy atom. The average Bonchev–Trinajstić information content (AvgIpc) is 3.46. The summed E-state index contributed by atoms with van der Waals surface area (Å²) in [7, 11) is 0. The van der Waals surface area contributed by atoms with Gasteiger partial charge in [-0.05, 0) is 86.3 Å². The highest BCUT2D eigenvalue weighted by Gasteiger charge is 2.34. The van der Waals surface area contributed by atoms with E-state index in [9.17, 15) is 10.5 Å². The van der Waals surface area contributed by atoms with Crippen LogP contribution in [-0.2, 0) is 6.42 Å². The Hall–Kier alpha value is -3.90. The molecular weight excluding hydrogens is 478 g/mol. The zero-order chi connectivity index (χ0) is 26.4. The minimum absolute atomic E-state index is 0.0180. The number of benzene rings is 3. The third-order valence-corrected chi connectivity index (χ3v) is 7.08. The van der Waals surface area contributed by atoms with E-state index < -0.39 is 5.41 Å². The second-order valence-corrected chi connectivity index (χ2v) is 10.4. The van der Waals surface area contributed by atoms with Gasteiger partial charge in [-0.2, -0.15) is 15.6 Å². The molecule has 5 nitrogen and oxygen atoms in total. The highest BCUT2D eigenvalue weighted by Crippen LogP contribution is 2.36.